The zero-order chi connectivity index (χ0) is 23.6. The molecule has 174 valence electrons. The van der Waals surface area contributed by atoms with Gasteiger partial charge in [0.15, 0.2) is 0 Å². The van der Waals surface area contributed by atoms with Gasteiger partial charge in [0, 0.05) is 49.5 Å². The molecule has 0 unspecified atom stereocenters. The molecular weight excluding hydrogens is 416 g/mol. The predicted octanol–water partition coefficient (Wildman–Crippen LogP) is 4.91. The van der Waals surface area contributed by atoms with E-state index in [9.17, 15) is 4.79 Å². The summed E-state index contributed by atoms with van der Waals surface area (Å²) in [6, 6.07) is 11.9. The van der Waals surface area contributed by atoms with Gasteiger partial charge < -0.3 is 19.6 Å². The first-order chi connectivity index (χ1) is 15.7. The van der Waals surface area contributed by atoms with Crippen molar-refractivity contribution in [1.82, 2.24) is 20.0 Å². The third-order valence-corrected chi connectivity index (χ3v) is 5.83. The fraction of sp³-hybridized carbons (Fsp3) is 0.440. The second kappa shape index (κ2) is 9.21. The maximum absolute atomic E-state index is 12.7. The van der Waals surface area contributed by atoms with Gasteiger partial charge in [0.05, 0.1) is 0 Å². The third kappa shape index (κ3) is 5.32. The van der Waals surface area contributed by atoms with Gasteiger partial charge in [-0.15, -0.1) is 0 Å². The summed E-state index contributed by atoms with van der Waals surface area (Å²) >= 11 is 0. The average molecular weight is 449 g/mol. The molecule has 2 aromatic heterocycles. The first-order valence-electron chi connectivity index (χ1n) is 11.4. The number of pyridine rings is 1. The van der Waals surface area contributed by atoms with Crippen LogP contribution >= 0.6 is 0 Å². The topological polar surface area (TPSA) is 87.4 Å². The largest absolute Gasteiger partial charge is 0.353 e. The molecule has 8 nitrogen and oxygen atoms in total. The van der Waals surface area contributed by atoms with Gasteiger partial charge >= 0.3 is 6.03 Å². The first kappa shape index (κ1) is 22.8. The number of nitrogens with zero attached hydrogens (tertiary/aromatic N) is 5. The molecule has 0 spiro atoms. The number of carbonyl (C=O) groups is 1. The maximum atomic E-state index is 12.7. The van der Waals surface area contributed by atoms with Gasteiger partial charge in [-0.05, 0) is 35.2 Å². The lowest BCUT2D eigenvalue weighted by Crippen LogP contribution is -2.50. The summed E-state index contributed by atoms with van der Waals surface area (Å²) < 4.78 is 5.28. The van der Waals surface area contributed by atoms with Gasteiger partial charge in [0.1, 0.15) is 5.82 Å². The van der Waals surface area contributed by atoms with E-state index < -0.39 is 0 Å². The molecule has 2 amide bonds. The van der Waals surface area contributed by atoms with Crippen molar-refractivity contribution in [3.05, 3.63) is 54.0 Å². The van der Waals surface area contributed by atoms with Crippen molar-refractivity contribution in [1.29, 1.82) is 0 Å². The third-order valence-electron chi connectivity index (χ3n) is 5.83. The van der Waals surface area contributed by atoms with E-state index in [1.54, 1.807) is 6.20 Å². The van der Waals surface area contributed by atoms with E-state index >= 15 is 0 Å². The number of anilines is 2. The fourth-order valence-electron chi connectivity index (χ4n) is 3.69. The molecule has 33 heavy (non-hydrogen) atoms. The molecule has 3 aromatic rings. The second-order valence-corrected chi connectivity index (χ2v) is 9.75. The van der Waals surface area contributed by atoms with Crippen LogP contribution < -0.4 is 10.2 Å². The van der Waals surface area contributed by atoms with E-state index in [2.05, 4.69) is 58.2 Å². The van der Waals surface area contributed by atoms with E-state index in [0.29, 0.717) is 24.8 Å². The minimum Gasteiger partial charge on any atom is -0.353 e. The van der Waals surface area contributed by atoms with Crippen LogP contribution in [0.3, 0.4) is 0 Å². The molecule has 8 heteroatoms. The van der Waals surface area contributed by atoms with Crippen molar-refractivity contribution >= 4 is 17.5 Å². The number of piperazine rings is 1. The lowest BCUT2D eigenvalue weighted by molar-refractivity contribution is 0.208. The van der Waals surface area contributed by atoms with Crippen LogP contribution in [0.1, 0.15) is 52.0 Å². The van der Waals surface area contributed by atoms with Crippen LogP contribution in [-0.2, 0) is 5.41 Å². The van der Waals surface area contributed by atoms with Gasteiger partial charge in [0.25, 0.3) is 0 Å². The molecule has 0 atom stereocenters. The van der Waals surface area contributed by atoms with Crippen LogP contribution in [0.4, 0.5) is 16.3 Å². The van der Waals surface area contributed by atoms with E-state index in [0.717, 1.165) is 30.2 Å². The Morgan fingerprint density at radius 3 is 2.27 bits per heavy atom. The molecule has 1 fully saturated rings. The van der Waals surface area contributed by atoms with E-state index in [4.69, 9.17) is 4.52 Å². The highest BCUT2D eigenvalue weighted by Gasteiger charge is 2.22. The molecular formula is C25H32N6O2. The van der Waals surface area contributed by atoms with Gasteiger partial charge in [0.2, 0.25) is 11.7 Å². The number of hydrogen-bond donors (Lipinski definition) is 1. The zero-order valence-electron chi connectivity index (χ0n) is 20.0. The number of aromatic nitrogens is 3. The maximum Gasteiger partial charge on any atom is 0.321 e. The minimum absolute atomic E-state index is 0.0699. The summed E-state index contributed by atoms with van der Waals surface area (Å²) in [7, 11) is 0. The summed E-state index contributed by atoms with van der Waals surface area (Å²) in [4.78, 5) is 25.7. The number of hydrogen-bond acceptors (Lipinski definition) is 6. The highest BCUT2D eigenvalue weighted by atomic mass is 16.5. The van der Waals surface area contributed by atoms with Gasteiger partial charge in [-0.3, -0.25) is 0 Å². The fourth-order valence-corrected chi connectivity index (χ4v) is 3.69. The molecule has 0 aliphatic carbocycles. The number of nitrogens with one attached hydrogen (secondary N) is 1. The van der Waals surface area contributed by atoms with Crippen LogP contribution in [0.15, 0.2) is 47.1 Å². The summed E-state index contributed by atoms with van der Waals surface area (Å²) in [5.74, 6) is 2.24. The zero-order valence-corrected chi connectivity index (χ0v) is 20.0. The molecule has 0 bridgehead atoms. The van der Waals surface area contributed by atoms with E-state index in [1.165, 1.54) is 5.56 Å². The van der Waals surface area contributed by atoms with Crippen LogP contribution in [-0.4, -0.2) is 52.2 Å². The number of rotatable bonds is 4. The summed E-state index contributed by atoms with van der Waals surface area (Å²) in [5.41, 5.74) is 2.97. The van der Waals surface area contributed by atoms with Crippen molar-refractivity contribution in [2.75, 3.05) is 36.4 Å². The molecule has 0 radical (unpaired) electrons. The Morgan fingerprint density at radius 1 is 1.03 bits per heavy atom. The molecule has 1 aromatic carbocycles. The standard InChI is InChI=1S/C25H32N6O2/c1-17(2)23-28-22(29-33-23)18-6-11-21(26-16-18)30-12-14-31(15-13-30)24(32)27-20-9-7-19(8-10-20)25(3,4)5/h6-11,16-17H,12-15H2,1-5H3,(H,27,32). The Bertz CT molecular complexity index is 1080. The monoisotopic (exact) mass is 448 g/mol. The van der Waals surface area contributed by atoms with E-state index in [1.807, 2.05) is 43.0 Å². The Balaban J connectivity index is 1.31. The first-order valence-corrected chi connectivity index (χ1v) is 11.4. The number of carbonyl (C=O) groups excluding carboxylic acids is 1. The van der Waals surface area contributed by atoms with Gasteiger partial charge in [-0.2, -0.15) is 4.98 Å². The highest BCUT2D eigenvalue weighted by Crippen LogP contribution is 2.24. The van der Waals surface area contributed by atoms with Gasteiger partial charge in [-0.1, -0.05) is 51.9 Å². The van der Waals surface area contributed by atoms with Crippen molar-refractivity contribution in [3.63, 3.8) is 0 Å². The lowest BCUT2D eigenvalue weighted by atomic mass is 9.87. The van der Waals surface area contributed by atoms with Crippen LogP contribution in [0.5, 0.6) is 0 Å². The number of benzene rings is 1. The van der Waals surface area contributed by atoms with E-state index in [-0.39, 0.29) is 17.4 Å². The average Bonchev–Trinajstić information content (AvgIpc) is 3.30. The number of amides is 2. The summed E-state index contributed by atoms with van der Waals surface area (Å²) in [6.07, 6.45) is 1.77. The van der Waals surface area contributed by atoms with Crippen LogP contribution in [0.25, 0.3) is 11.4 Å². The summed E-state index contributed by atoms with van der Waals surface area (Å²) in [6.45, 7) is 13.3. The van der Waals surface area contributed by atoms with Crippen molar-refractivity contribution in [2.45, 2.75) is 46.0 Å². The Morgan fingerprint density at radius 2 is 1.73 bits per heavy atom. The molecule has 1 saturated heterocycles. The van der Waals surface area contributed by atoms with Crippen molar-refractivity contribution in [2.24, 2.45) is 0 Å². The minimum atomic E-state index is -0.0699. The molecule has 1 aliphatic rings. The molecule has 1 aliphatic heterocycles. The van der Waals surface area contributed by atoms with Gasteiger partial charge in [-0.25, -0.2) is 9.78 Å². The van der Waals surface area contributed by atoms with Crippen LogP contribution in [0.2, 0.25) is 0 Å². The lowest BCUT2D eigenvalue weighted by Gasteiger charge is -2.35. The quantitative estimate of drug-likeness (QED) is 0.610. The molecule has 3 heterocycles. The molecule has 4 rings (SSSR count). The van der Waals surface area contributed by atoms with Crippen molar-refractivity contribution in [3.8, 4) is 11.4 Å². The number of urea groups is 1. The smallest absolute Gasteiger partial charge is 0.321 e. The SMILES string of the molecule is CC(C)c1nc(-c2ccc(N3CCN(C(=O)Nc4ccc(C(C)(C)C)cc4)CC3)nc2)no1. The second-order valence-electron chi connectivity index (χ2n) is 9.75. The molecule has 1 N–H and O–H groups in total. The predicted molar refractivity (Wildman–Crippen MR) is 130 cm³/mol. The Hall–Kier alpha value is -3.42. The normalized spacial score (nSPS) is 14.6. The van der Waals surface area contributed by atoms with Crippen LogP contribution in [0, 0.1) is 0 Å². The Labute approximate surface area is 195 Å². The Kier molecular flexibility index (Phi) is 6.35. The molecule has 0 saturated carbocycles. The highest BCUT2D eigenvalue weighted by molar-refractivity contribution is 5.89. The summed E-state index contributed by atoms with van der Waals surface area (Å²) in [5, 5.41) is 7.05. The van der Waals surface area contributed by atoms with Crippen molar-refractivity contribution < 1.29 is 9.32 Å².